The molecule has 0 aliphatic heterocycles. The van der Waals surface area contributed by atoms with Crippen molar-refractivity contribution in [3.8, 4) is 16.9 Å². The largest absolute Gasteiger partial charge is 0.493 e. The van der Waals surface area contributed by atoms with Crippen molar-refractivity contribution in [3.63, 3.8) is 0 Å². The number of para-hydroxylation sites is 1. The average molecular weight is 242 g/mol. The van der Waals surface area contributed by atoms with Crippen molar-refractivity contribution < 1.29 is 4.74 Å². The second-order valence-electron chi connectivity index (χ2n) is 4.13. The summed E-state index contributed by atoms with van der Waals surface area (Å²) in [5.74, 6) is 0.898. The van der Waals surface area contributed by atoms with Crippen molar-refractivity contribution in [2.75, 3.05) is 6.61 Å². The topological polar surface area (TPSA) is 48.1 Å². The van der Waals surface area contributed by atoms with Crippen LogP contribution in [-0.4, -0.2) is 11.6 Å². The molecule has 0 bridgehead atoms. The van der Waals surface area contributed by atoms with E-state index in [1.165, 1.54) is 0 Å². The van der Waals surface area contributed by atoms with Gasteiger partial charge in [-0.3, -0.25) is 4.98 Å². The minimum absolute atomic E-state index is 0.499. The second-order valence-corrected chi connectivity index (χ2v) is 4.13. The van der Waals surface area contributed by atoms with Gasteiger partial charge in [0.05, 0.1) is 6.61 Å². The quantitative estimate of drug-likeness (QED) is 0.876. The van der Waals surface area contributed by atoms with Crippen LogP contribution < -0.4 is 10.5 Å². The number of rotatable bonds is 5. The lowest BCUT2D eigenvalue weighted by Crippen LogP contribution is -1.99. The molecule has 3 heteroatoms. The molecule has 2 N–H and O–H groups in total. The first-order valence-electron chi connectivity index (χ1n) is 6.21. The molecule has 0 radical (unpaired) electrons. The number of nitrogens with zero attached hydrogens (tertiary/aromatic N) is 1. The second kappa shape index (κ2) is 6.17. The molecule has 3 nitrogen and oxygen atoms in total. The van der Waals surface area contributed by atoms with E-state index in [0.717, 1.165) is 35.5 Å². The van der Waals surface area contributed by atoms with Gasteiger partial charge in [-0.15, -0.1) is 0 Å². The average Bonchev–Trinajstić information content (AvgIpc) is 2.45. The molecule has 0 atom stereocenters. The van der Waals surface area contributed by atoms with Gasteiger partial charge in [-0.25, -0.2) is 0 Å². The molecule has 2 aromatic rings. The zero-order valence-electron chi connectivity index (χ0n) is 10.6. The molecule has 0 saturated heterocycles. The third kappa shape index (κ3) is 2.87. The fourth-order valence-electron chi connectivity index (χ4n) is 1.79. The van der Waals surface area contributed by atoms with Crippen LogP contribution in [0.1, 0.15) is 18.9 Å². The highest BCUT2D eigenvalue weighted by Crippen LogP contribution is 2.29. The summed E-state index contributed by atoms with van der Waals surface area (Å²) in [5, 5.41) is 0. The van der Waals surface area contributed by atoms with E-state index in [1.54, 1.807) is 6.20 Å². The van der Waals surface area contributed by atoms with E-state index in [9.17, 15) is 0 Å². The molecule has 0 aliphatic rings. The predicted octanol–water partition coefficient (Wildman–Crippen LogP) is 3.00. The zero-order chi connectivity index (χ0) is 12.8. The Morgan fingerprint density at radius 3 is 2.83 bits per heavy atom. The fraction of sp³-hybridized carbons (Fsp3) is 0.267. The van der Waals surface area contributed by atoms with Crippen molar-refractivity contribution in [1.82, 2.24) is 4.98 Å². The van der Waals surface area contributed by atoms with Gasteiger partial charge in [0, 0.05) is 30.1 Å². The van der Waals surface area contributed by atoms with E-state index in [4.69, 9.17) is 10.5 Å². The van der Waals surface area contributed by atoms with Crippen LogP contribution in [0.4, 0.5) is 0 Å². The molecule has 0 unspecified atom stereocenters. The SMILES string of the molecule is CCCOc1ccccc1-c1cncc(CN)c1. The molecule has 94 valence electrons. The maximum Gasteiger partial charge on any atom is 0.127 e. The first kappa shape index (κ1) is 12.6. The highest BCUT2D eigenvalue weighted by atomic mass is 16.5. The van der Waals surface area contributed by atoms with Crippen LogP contribution in [0.15, 0.2) is 42.7 Å². The molecule has 0 aliphatic carbocycles. The third-order valence-corrected chi connectivity index (χ3v) is 2.69. The Hall–Kier alpha value is -1.87. The summed E-state index contributed by atoms with van der Waals surface area (Å²) in [5.41, 5.74) is 8.78. The maximum atomic E-state index is 5.76. The Morgan fingerprint density at radius 2 is 2.06 bits per heavy atom. The molecule has 0 fully saturated rings. The van der Waals surface area contributed by atoms with Gasteiger partial charge in [0.1, 0.15) is 5.75 Å². The van der Waals surface area contributed by atoms with Crippen LogP contribution in [0.25, 0.3) is 11.1 Å². The summed E-state index contributed by atoms with van der Waals surface area (Å²) in [6, 6.07) is 10.1. The van der Waals surface area contributed by atoms with E-state index in [1.807, 2.05) is 30.5 Å². The lowest BCUT2D eigenvalue weighted by atomic mass is 10.1. The van der Waals surface area contributed by atoms with Gasteiger partial charge in [0.2, 0.25) is 0 Å². The highest BCUT2D eigenvalue weighted by molar-refractivity contribution is 5.70. The third-order valence-electron chi connectivity index (χ3n) is 2.69. The summed E-state index contributed by atoms with van der Waals surface area (Å²) >= 11 is 0. The summed E-state index contributed by atoms with van der Waals surface area (Å²) in [6.45, 7) is 3.32. The van der Waals surface area contributed by atoms with Crippen LogP contribution in [0.2, 0.25) is 0 Å². The predicted molar refractivity (Wildman–Crippen MR) is 73.4 cm³/mol. The van der Waals surface area contributed by atoms with Gasteiger partial charge < -0.3 is 10.5 Å². The van der Waals surface area contributed by atoms with Crippen LogP contribution in [0.3, 0.4) is 0 Å². The van der Waals surface area contributed by atoms with E-state index in [-0.39, 0.29) is 0 Å². The molecule has 18 heavy (non-hydrogen) atoms. The minimum Gasteiger partial charge on any atom is -0.493 e. The molecular formula is C15H18N2O. The molecule has 1 aromatic heterocycles. The van der Waals surface area contributed by atoms with Crippen molar-refractivity contribution in [2.24, 2.45) is 5.73 Å². The van der Waals surface area contributed by atoms with Gasteiger partial charge in [-0.2, -0.15) is 0 Å². The maximum absolute atomic E-state index is 5.76. The molecular weight excluding hydrogens is 224 g/mol. The van der Waals surface area contributed by atoms with Crippen LogP contribution in [-0.2, 0) is 6.54 Å². The molecule has 2 rings (SSSR count). The van der Waals surface area contributed by atoms with Crippen LogP contribution in [0, 0.1) is 0 Å². The van der Waals surface area contributed by atoms with Gasteiger partial charge in [0.25, 0.3) is 0 Å². The summed E-state index contributed by atoms with van der Waals surface area (Å²) in [6.07, 6.45) is 4.63. The Labute approximate surface area is 108 Å². The smallest absolute Gasteiger partial charge is 0.127 e. The number of benzene rings is 1. The van der Waals surface area contributed by atoms with Gasteiger partial charge in [-0.05, 0) is 24.1 Å². The Kier molecular flexibility index (Phi) is 4.31. The minimum atomic E-state index is 0.499. The van der Waals surface area contributed by atoms with Crippen molar-refractivity contribution in [3.05, 3.63) is 48.3 Å². The number of hydrogen-bond acceptors (Lipinski definition) is 3. The number of nitrogens with two attached hydrogens (primary N) is 1. The van der Waals surface area contributed by atoms with Gasteiger partial charge >= 0.3 is 0 Å². The number of hydrogen-bond donors (Lipinski definition) is 1. The molecule has 0 saturated carbocycles. The summed E-state index contributed by atoms with van der Waals surface area (Å²) in [7, 11) is 0. The molecule has 0 spiro atoms. The lowest BCUT2D eigenvalue weighted by Gasteiger charge is -2.11. The summed E-state index contributed by atoms with van der Waals surface area (Å²) < 4.78 is 5.76. The normalized spacial score (nSPS) is 10.3. The van der Waals surface area contributed by atoms with Crippen molar-refractivity contribution >= 4 is 0 Å². The van der Waals surface area contributed by atoms with Crippen molar-refractivity contribution in [2.45, 2.75) is 19.9 Å². The number of ether oxygens (including phenoxy) is 1. The van der Waals surface area contributed by atoms with E-state index in [2.05, 4.69) is 18.0 Å². The lowest BCUT2D eigenvalue weighted by molar-refractivity contribution is 0.318. The number of pyridine rings is 1. The van der Waals surface area contributed by atoms with Gasteiger partial charge in [0.15, 0.2) is 0 Å². The Morgan fingerprint density at radius 1 is 1.22 bits per heavy atom. The zero-order valence-corrected chi connectivity index (χ0v) is 10.6. The van der Waals surface area contributed by atoms with Gasteiger partial charge in [-0.1, -0.05) is 25.1 Å². The molecule has 1 aromatic carbocycles. The van der Waals surface area contributed by atoms with E-state index in [0.29, 0.717) is 6.54 Å². The number of aromatic nitrogens is 1. The van der Waals surface area contributed by atoms with Crippen LogP contribution in [0.5, 0.6) is 5.75 Å². The fourth-order valence-corrected chi connectivity index (χ4v) is 1.79. The molecule has 1 heterocycles. The Bertz CT molecular complexity index is 511. The standard InChI is InChI=1S/C15H18N2O/c1-2-7-18-15-6-4-3-5-14(15)13-8-12(9-16)10-17-11-13/h3-6,8,10-11H,2,7,9,16H2,1H3. The monoisotopic (exact) mass is 242 g/mol. The Balaban J connectivity index is 2.36. The van der Waals surface area contributed by atoms with Crippen LogP contribution >= 0.6 is 0 Å². The summed E-state index contributed by atoms with van der Waals surface area (Å²) in [4.78, 5) is 4.22. The van der Waals surface area contributed by atoms with E-state index >= 15 is 0 Å². The highest BCUT2D eigenvalue weighted by Gasteiger charge is 2.06. The molecule has 0 amide bonds. The first-order valence-corrected chi connectivity index (χ1v) is 6.21. The first-order chi connectivity index (χ1) is 8.85. The van der Waals surface area contributed by atoms with Crippen molar-refractivity contribution in [1.29, 1.82) is 0 Å². The van der Waals surface area contributed by atoms with E-state index < -0.39 is 0 Å².